The highest BCUT2D eigenvalue weighted by Crippen LogP contribution is 2.34. The Morgan fingerprint density at radius 1 is 0.900 bits per heavy atom. The van der Waals surface area contributed by atoms with Crippen molar-refractivity contribution < 1.29 is 22.7 Å². The Bertz CT molecular complexity index is 1020. The molecule has 8 heteroatoms. The monoisotopic (exact) mass is 430 g/mol. The maximum Gasteiger partial charge on any atom is 0.418 e. The topological polar surface area (TPSA) is 50.4 Å². The van der Waals surface area contributed by atoms with Crippen LogP contribution in [-0.4, -0.2) is 11.0 Å². The largest absolute Gasteiger partial charge is 0.489 e. The highest BCUT2D eigenvalue weighted by Gasteiger charge is 2.33. The highest BCUT2D eigenvalue weighted by atomic mass is 32.1. The van der Waals surface area contributed by atoms with Crippen LogP contribution in [0.4, 0.5) is 18.9 Å². The molecule has 0 fully saturated rings. The lowest BCUT2D eigenvalue weighted by Crippen LogP contribution is -2.34. The normalized spacial score (nSPS) is 10.9. The summed E-state index contributed by atoms with van der Waals surface area (Å²) in [5, 5.41) is 4.56. The van der Waals surface area contributed by atoms with Crippen LogP contribution >= 0.6 is 12.2 Å². The van der Waals surface area contributed by atoms with Crippen molar-refractivity contribution >= 4 is 28.9 Å². The minimum atomic E-state index is -4.54. The molecule has 0 aromatic heterocycles. The molecule has 0 aliphatic heterocycles. The van der Waals surface area contributed by atoms with Gasteiger partial charge >= 0.3 is 6.18 Å². The number of hydrogen-bond acceptors (Lipinski definition) is 3. The van der Waals surface area contributed by atoms with Gasteiger partial charge in [0.15, 0.2) is 5.11 Å². The first-order chi connectivity index (χ1) is 14.3. The van der Waals surface area contributed by atoms with Gasteiger partial charge in [0.25, 0.3) is 5.91 Å². The standard InChI is InChI=1S/C22H17F3N2O2S/c23-22(24,25)18-8-4-5-9-19(18)26-21(30)27-20(28)16-10-12-17(13-11-16)29-14-15-6-2-1-3-7-15/h1-13H,14H2,(H2,26,27,28,30). The van der Waals surface area contributed by atoms with E-state index in [2.05, 4.69) is 10.6 Å². The molecular formula is C22H17F3N2O2S. The number of para-hydroxylation sites is 1. The van der Waals surface area contributed by atoms with Crippen LogP contribution in [-0.2, 0) is 12.8 Å². The van der Waals surface area contributed by atoms with Gasteiger partial charge in [0, 0.05) is 5.56 Å². The van der Waals surface area contributed by atoms with E-state index in [1.165, 1.54) is 18.2 Å². The maximum absolute atomic E-state index is 13.1. The van der Waals surface area contributed by atoms with E-state index in [0.717, 1.165) is 11.6 Å². The van der Waals surface area contributed by atoms with Crippen molar-refractivity contribution in [1.29, 1.82) is 0 Å². The summed E-state index contributed by atoms with van der Waals surface area (Å²) < 4.78 is 44.8. The molecule has 0 unspecified atom stereocenters. The van der Waals surface area contributed by atoms with E-state index in [1.807, 2.05) is 30.3 Å². The van der Waals surface area contributed by atoms with Crippen LogP contribution in [0.3, 0.4) is 0 Å². The molecule has 0 radical (unpaired) electrons. The number of hydrogen-bond donors (Lipinski definition) is 2. The third kappa shape index (κ3) is 5.81. The van der Waals surface area contributed by atoms with E-state index in [4.69, 9.17) is 17.0 Å². The lowest BCUT2D eigenvalue weighted by molar-refractivity contribution is -0.136. The second-order valence-electron chi connectivity index (χ2n) is 6.25. The van der Waals surface area contributed by atoms with Crippen LogP contribution in [0.5, 0.6) is 5.75 Å². The first-order valence-electron chi connectivity index (χ1n) is 8.88. The molecule has 0 spiro atoms. The minimum absolute atomic E-state index is 0.235. The molecule has 0 heterocycles. The van der Waals surface area contributed by atoms with E-state index < -0.39 is 17.6 Å². The van der Waals surface area contributed by atoms with E-state index in [1.54, 1.807) is 24.3 Å². The van der Waals surface area contributed by atoms with Crippen molar-refractivity contribution in [3.63, 3.8) is 0 Å². The van der Waals surface area contributed by atoms with Gasteiger partial charge in [-0.25, -0.2) is 0 Å². The summed E-state index contributed by atoms with van der Waals surface area (Å²) in [5.41, 5.74) is 0.187. The molecule has 3 rings (SSSR count). The van der Waals surface area contributed by atoms with Crippen LogP contribution in [0.2, 0.25) is 0 Å². The van der Waals surface area contributed by atoms with Gasteiger partial charge in [-0.1, -0.05) is 42.5 Å². The SMILES string of the molecule is O=C(NC(=S)Nc1ccccc1C(F)(F)F)c1ccc(OCc2ccccc2)cc1. The van der Waals surface area contributed by atoms with Crippen molar-refractivity contribution in [2.24, 2.45) is 0 Å². The quantitative estimate of drug-likeness (QED) is 0.532. The fourth-order valence-electron chi connectivity index (χ4n) is 2.61. The third-order valence-electron chi connectivity index (χ3n) is 4.07. The summed E-state index contributed by atoms with van der Waals surface area (Å²) in [6.07, 6.45) is -4.54. The van der Waals surface area contributed by atoms with Gasteiger partial charge in [0.2, 0.25) is 0 Å². The zero-order valence-electron chi connectivity index (χ0n) is 15.6. The Hall–Kier alpha value is -3.39. The van der Waals surface area contributed by atoms with Crippen LogP contribution in [0.25, 0.3) is 0 Å². The van der Waals surface area contributed by atoms with Gasteiger partial charge in [0.05, 0.1) is 11.3 Å². The summed E-state index contributed by atoms with van der Waals surface area (Å²) in [6, 6.07) is 20.8. The number of alkyl halides is 3. The zero-order chi connectivity index (χ0) is 21.6. The zero-order valence-corrected chi connectivity index (χ0v) is 16.4. The van der Waals surface area contributed by atoms with Crippen LogP contribution in [0.15, 0.2) is 78.9 Å². The molecular weight excluding hydrogens is 413 g/mol. The lowest BCUT2D eigenvalue weighted by atomic mass is 10.1. The van der Waals surface area contributed by atoms with Crippen molar-refractivity contribution in [2.75, 3.05) is 5.32 Å². The Labute approximate surface area is 176 Å². The molecule has 0 bridgehead atoms. The third-order valence-corrected chi connectivity index (χ3v) is 4.28. The highest BCUT2D eigenvalue weighted by molar-refractivity contribution is 7.80. The van der Waals surface area contributed by atoms with Crippen molar-refractivity contribution in [2.45, 2.75) is 12.8 Å². The predicted molar refractivity (Wildman–Crippen MR) is 112 cm³/mol. The molecule has 0 aliphatic carbocycles. The van der Waals surface area contributed by atoms with Crippen LogP contribution in [0, 0.1) is 0 Å². The summed E-state index contributed by atoms with van der Waals surface area (Å²) >= 11 is 4.98. The second kappa shape index (κ2) is 9.41. The average Bonchev–Trinajstić information content (AvgIpc) is 2.73. The summed E-state index contributed by atoms with van der Waals surface area (Å²) in [4.78, 5) is 12.3. The molecule has 0 saturated heterocycles. The molecule has 2 N–H and O–H groups in total. The molecule has 0 aliphatic rings. The molecule has 154 valence electrons. The number of amides is 1. The van der Waals surface area contributed by atoms with E-state index in [0.29, 0.717) is 12.4 Å². The molecule has 0 atom stereocenters. The first kappa shape index (κ1) is 21.3. The number of carbonyl (C=O) groups is 1. The lowest BCUT2D eigenvalue weighted by Gasteiger charge is -2.15. The van der Waals surface area contributed by atoms with Crippen LogP contribution in [0.1, 0.15) is 21.5 Å². The Kier molecular flexibility index (Phi) is 6.68. The fourth-order valence-corrected chi connectivity index (χ4v) is 2.81. The Morgan fingerprint density at radius 3 is 2.20 bits per heavy atom. The summed E-state index contributed by atoms with van der Waals surface area (Å²) in [6.45, 7) is 0.388. The number of halogens is 3. The second-order valence-corrected chi connectivity index (χ2v) is 6.66. The van der Waals surface area contributed by atoms with E-state index >= 15 is 0 Å². The number of thiocarbonyl (C=S) groups is 1. The average molecular weight is 430 g/mol. The number of ether oxygens (including phenoxy) is 1. The number of nitrogens with one attached hydrogen (secondary N) is 2. The summed E-state index contributed by atoms with van der Waals surface area (Å²) in [7, 11) is 0. The van der Waals surface area contributed by atoms with Gasteiger partial charge < -0.3 is 10.1 Å². The van der Waals surface area contributed by atoms with Crippen LogP contribution < -0.4 is 15.4 Å². The number of anilines is 1. The molecule has 1 amide bonds. The fraction of sp³-hybridized carbons (Fsp3) is 0.0909. The predicted octanol–water partition coefficient (Wildman–Crippen LogP) is 5.41. The summed E-state index contributed by atoms with van der Waals surface area (Å²) in [5.74, 6) is 0.0295. The number of rotatable bonds is 5. The van der Waals surface area contributed by atoms with Crippen molar-refractivity contribution in [1.82, 2.24) is 5.32 Å². The van der Waals surface area contributed by atoms with Gasteiger partial charge in [-0.15, -0.1) is 0 Å². The van der Waals surface area contributed by atoms with Crippen molar-refractivity contribution in [3.05, 3.63) is 95.6 Å². The Morgan fingerprint density at radius 2 is 1.53 bits per heavy atom. The maximum atomic E-state index is 13.1. The van der Waals surface area contributed by atoms with Crippen molar-refractivity contribution in [3.8, 4) is 5.75 Å². The number of benzene rings is 3. The van der Waals surface area contributed by atoms with Gasteiger partial charge in [-0.05, 0) is 54.2 Å². The van der Waals surface area contributed by atoms with Gasteiger partial charge in [0.1, 0.15) is 12.4 Å². The van der Waals surface area contributed by atoms with Gasteiger partial charge in [-0.3, -0.25) is 10.1 Å². The Balaban J connectivity index is 1.58. The smallest absolute Gasteiger partial charge is 0.418 e. The molecule has 0 saturated carbocycles. The first-order valence-corrected chi connectivity index (χ1v) is 9.29. The molecule has 30 heavy (non-hydrogen) atoms. The van der Waals surface area contributed by atoms with Gasteiger partial charge in [-0.2, -0.15) is 13.2 Å². The molecule has 3 aromatic rings. The molecule has 3 aromatic carbocycles. The van der Waals surface area contributed by atoms with E-state index in [9.17, 15) is 18.0 Å². The van der Waals surface area contributed by atoms with E-state index in [-0.39, 0.29) is 16.4 Å². The molecule has 4 nitrogen and oxygen atoms in total. The minimum Gasteiger partial charge on any atom is -0.489 e. The number of carbonyl (C=O) groups excluding carboxylic acids is 1.